The maximum Gasteiger partial charge on any atom is 0.326 e. The zero-order valence-corrected chi connectivity index (χ0v) is 45.9. The second kappa shape index (κ2) is 22.9. The molecular weight excluding hydrogens is 1030 g/mol. The summed E-state index contributed by atoms with van der Waals surface area (Å²) in [5, 5.41) is 23.1. The van der Waals surface area contributed by atoms with Gasteiger partial charge in [-0.2, -0.15) is 0 Å². The van der Waals surface area contributed by atoms with Gasteiger partial charge in [-0.05, 0) is 156 Å². The summed E-state index contributed by atoms with van der Waals surface area (Å²) in [5.41, 5.74) is 5.64. The maximum absolute atomic E-state index is 15.8. The van der Waals surface area contributed by atoms with Crippen molar-refractivity contribution in [3.8, 4) is 22.4 Å². The highest BCUT2D eigenvalue weighted by Gasteiger charge is 2.41. The molecule has 0 spiro atoms. The van der Waals surface area contributed by atoms with Crippen LogP contribution in [0.2, 0.25) is 5.02 Å². The molecule has 6 aromatic rings. The first-order chi connectivity index (χ1) is 35.9. The molecule has 0 saturated carbocycles. The van der Waals surface area contributed by atoms with Crippen LogP contribution in [-0.4, -0.2) is 105 Å². The van der Waals surface area contributed by atoms with Gasteiger partial charge in [0.05, 0.1) is 39.9 Å². The fourth-order valence-electron chi connectivity index (χ4n) is 11.0. The number of piperidine rings is 1. The lowest BCUT2D eigenvalue weighted by molar-refractivity contribution is -0.385. The number of aliphatic carboxylic acids is 1. The molecule has 9 rings (SSSR count). The Hall–Kier alpha value is -5.68. The molecule has 0 amide bonds. The minimum Gasteiger partial charge on any atom is -0.481 e. The summed E-state index contributed by atoms with van der Waals surface area (Å²) in [6, 6.07) is 34.5. The zero-order valence-electron chi connectivity index (χ0n) is 42.6. The van der Waals surface area contributed by atoms with Gasteiger partial charge >= 0.3 is 13.5 Å². The molecule has 0 aliphatic carbocycles. The van der Waals surface area contributed by atoms with Crippen molar-refractivity contribution < 1.29 is 36.7 Å². The van der Waals surface area contributed by atoms with Gasteiger partial charge in [-0.1, -0.05) is 48.0 Å². The molecule has 0 unspecified atom stereocenters. The van der Waals surface area contributed by atoms with Gasteiger partial charge in [-0.25, -0.2) is 12.8 Å². The first-order valence-corrected chi connectivity index (χ1v) is 30.3. The van der Waals surface area contributed by atoms with Gasteiger partial charge < -0.3 is 28.9 Å². The number of nitrogens with zero attached hydrogens (tertiary/aromatic N) is 6. The quantitative estimate of drug-likeness (QED) is 0.0375. The van der Waals surface area contributed by atoms with E-state index in [0.717, 1.165) is 34.9 Å². The molecular formula is C56H63ClFN6O8PS2. The molecule has 14 nitrogen and oxygen atoms in total. The number of carbonyl (C=O) groups is 1. The van der Waals surface area contributed by atoms with E-state index in [0.29, 0.717) is 110 Å². The Kier molecular flexibility index (Phi) is 16.5. The number of nitro benzene ring substituents is 1. The van der Waals surface area contributed by atoms with E-state index in [-0.39, 0.29) is 40.4 Å². The highest BCUT2D eigenvalue weighted by Crippen LogP contribution is 2.56. The van der Waals surface area contributed by atoms with Gasteiger partial charge in [0.2, 0.25) is 0 Å². The van der Waals surface area contributed by atoms with Crippen LogP contribution in [0.25, 0.3) is 22.4 Å². The lowest BCUT2D eigenvalue weighted by Gasteiger charge is -2.37. The van der Waals surface area contributed by atoms with Gasteiger partial charge in [-0.15, -0.1) is 11.8 Å². The van der Waals surface area contributed by atoms with E-state index in [1.807, 2.05) is 79.1 Å². The molecule has 1 N–H and O–H groups in total. The Morgan fingerprint density at radius 2 is 1.52 bits per heavy atom. The number of carboxylic acid groups (broad SMARTS) is 1. The summed E-state index contributed by atoms with van der Waals surface area (Å²) in [7, 11) is -7.51. The Balaban J connectivity index is 0.896. The molecule has 19 heteroatoms. The molecule has 4 heterocycles. The van der Waals surface area contributed by atoms with Crippen molar-refractivity contribution in [2.24, 2.45) is 11.8 Å². The number of hydrogen-bond acceptors (Lipinski definition) is 11. The van der Waals surface area contributed by atoms with E-state index in [2.05, 4.69) is 26.8 Å². The minimum absolute atomic E-state index is 0.0767. The van der Waals surface area contributed by atoms with E-state index in [4.69, 9.17) is 16.1 Å². The summed E-state index contributed by atoms with van der Waals surface area (Å²) in [6.07, 6.45) is 3.63. The lowest BCUT2D eigenvalue weighted by Crippen LogP contribution is -2.46. The van der Waals surface area contributed by atoms with Crippen LogP contribution in [0, 0.1) is 34.7 Å². The molecule has 0 bridgehead atoms. The van der Waals surface area contributed by atoms with Crippen molar-refractivity contribution in [3.63, 3.8) is 0 Å². The van der Waals surface area contributed by atoms with Crippen LogP contribution < -0.4 is 19.8 Å². The second-order valence-electron chi connectivity index (χ2n) is 20.1. The number of benzene rings is 5. The van der Waals surface area contributed by atoms with Crippen LogP contribution in [0.4, 0.5) is 27.1 Å². The normalized spacial score (nSPS) is 18.3. The van der Waals surface area contributed by atoms with Gasteiger partial charge in [0.25, 0.3) is 5.69 Å². The Bertz CT molecular complexity index is 3200. The summed E-state index contributed by atoms with van der Waals surface area (Å²) in [5.74, 6) is -0.735. The predicted octanol–water partition coefficient (Wildman–Crippen LogP) is 11.6. The number of anilines is 3. The highest BCUT2D eigenvalue weighted by atomic mass is 35.5. The fourth-order valence-corrected chi connectivity index (χ4v) is 15.6. The van der Waals surface area contributed by atoms with E-state index in [9.17, 15) is 33.0 Å². The van der Waals surface area contributed by atoms with E-state index >= 15 is 4.39 Å². The highest BCUT2D eigenvalue weighted by molar-refractivity contribution is 7.99. The Morgan fingerprint density at radius 3 is 2.15 bits per heavy atom. The number of sulfone groups is 1. The number of aromatic nitrogens is 1. The third kappa shape index (κ3) is 12.0. The van der Waals surface area contributed by atoms with E-state index < -0.39 is 34.1 Å². The standard InChI is InChI=1S/C56H63ClFN6O8PS2/c1-38(2)63-39(3)55(75(4,70)71)53(54(63)41-10-13-45(57)14-11-41)44-33-46(58)35-49(34-44)61-28-26-60(27-29-61)47-15-17-48(18-16-47)62-30-31-72-73(62,69)50-19-12-43(52(36-50)64(67)68)32-40(37-74-51-8-6-5-7-9-51)20-23-59-24-21-42(22-25-59)56(65)66/h5-19,33-36,38,40,42H,20-32,37H2,1-4H3,(H,65,66)/t40-,73+/m0/s1. The molecule has 396 valence electrons. The van der Waals surface area contributed by atoms with E-state index in [1.165, 1.54) is 24.5 Å². The number of rotatable bonds is 18. The smallest absolute Gasteiger partial charge is 0.326 e. The molecule has 3 aliphatic rings. The number of halogens is 2. The summed E-state index contributed by atoms with van der Waals surface area (Å²) in [6.45, 7) is 10.8. The van der Waals surface area contributed by atoms with Crippen LogP contribution in [0.15, 0.2) is 125 Å². The first-order valence-electron chi connectivity index (χ1n) is 25.4. The second-order valence-corrected chi connectivity index (χ2v) is 25.8. The van der Waals surface area contributed by atoms with Crippen molar-refractivity contribution in [1.82, 2.24) is 9.47 Å². The topological polar surface area (TPSA) is 159 Å². The van der Waals surface area contributed by atoms with Crippen LogP contribution in [0.1, 0.15) is 50.4 Å². The number of piperazine rings is 1. The number of thioether (sulfide) groups is 1. The summed E-state index contributed by atoms with van der Waals surface area (Å²) >= 11 is 7.99. The van der Waals surface area contributed by atoms with Crippen molar-refractivity contribution in [1.29, 1.82) is 0 Å². The van der Waals surface area contributed by atoms with Crippen LogP contribution in [0.5, 0.6) is 0 Å². The summed E-state index contributed by atoms with van der Waals surface area (Å²) in [4.78, 5) is 31.8. The van der Waals surface area contributed by atoms with Gasteiger partial charge in [0, 0.05) is 94.1 Å². The number of nitro groups is 1. The SMILES string of the molecule is Cc1c(S(C)(=O)=O)c(-c2cc(F)cc(N3CCN(c4ccc(N5CCO[P@]5(=O)c5ccc(C[C@H](CCN6CCC(C(=O)O)CC6)CSc6ccccc6)c([N+](=O)[O-])c5)cc4)CC3)c2)c(-c2ccc(Cl)cc2)n1C(C)C. The molecule has 3 saturated heterocycles. The summed E-state index contributed by atoms with van der Waals surface area (Å²) < 4.78 is 67.6. The molecule has 1 aromatic heterocycles. The van der Waals surface area contributed by atoms with Gasteiger partial charge in [-0.3, -0.25) is 24.1 Å². The number of carboxylic acids is 1. The number of likely N-dealkylation sites (tertiary alicyclic amines) is 1. The Labute approximate surface area is 448 Å². The van der Waals surface area contributed by atoms with Crippen molar-refractivity contribution in [2.75, 3.05) is 85.4 Å². The van der Waals surface area contributed by atoms with Crippen LogP contribution >= 0.6 is 30.9 Å². The molecule has 0 radical (unpaired) electrons. The third-order valence-corrected chi connectivity index (χ3v) is 20.0. The molecule has 3 fully saturated rings. The van der Waals surface area contributed by atoms with Crippen molar-refractivity contribution in [2.45, 2.75) is 62.3 Å². The fraction of sp³-hybridized carbons (Fsp3) is 0.375. The Morgan fingerprint density at radius 1 is 0.867 bits per heavy atom. The molecule has 3 aliphatic heterocycles. The van der Waals surface area contributed by atoms with Crippen molar-refractivity contribution in [3.05, 3.63) is 147 Å². The predicted molar refractivity (Wildman–Crippen MR) is 299 cm³/mol. The lowest BCUT2D eigenvalue weighted by atomic mass is 9.94. The van der Waals surface area contributed by atoms with Crippen LogP contribution in [-0.2, 0) is 30.1 Å². The zero-order chi connectivity index (χ0) is 53.2. The molecule has 5 aromatic carbocycles. The van der Waals surface area contributed by atoms with Crippen molar-refractivity contribution >= 4 is 74.7 Å². The number of hydrogen-bond donors (Lipinski definition) is 1. The monoisotopic (exact) mass is 1100 g/mol. The minimum atomic E-state index is -3.76. The van der Waals surface area contributed by atoms with Crippen LogP contribution in [0.3, 0.4) is 0 Å². The average Bonchev–Trinajstić information content (AvgIpc) is 3.98. The van der Waals surface area contributed by atoms with Gasteiger partial charge in [0.1, 0.15) is 5.82 Å². The maximum atomic E-state index is 15.8. The largest absolute Gasteiger partial charge is 0.481 e. The first kappa shape index (κ1) is 54.1. The molecule has 75 heavy (non-hydrogen) atoms. The average molecular weight is 1100 g/mol. The molecule has 2 atom stereocenters. The van der Waals surface area contributed by atoms with Gasteiger partial charge in [0.15, 0.2) is 9.84 Å². The van der Waals surface area contributed by atoms with E-state index in [1.54, 1.807) is 47.6 Å². The third-order valence-electron chi connectivity index (χ3n) is 14.7.